The Morgan fingerprint density at radius 1 is 1.79 bits per heavy atom. The largest absolute Gasteiger partial charge is 0.282 e. The highest BCUT2D eigenvalue weighted by atomic mass is 32.1. The molecule has 0 spiro atoms. The molecule has 1 fully saturated rings. The maximum absolute atomic E-state index is 8.91. The molecule has 2 rings (SSSR count). The van der Waals surface area contributed by atoms with Gasteiger partial charge in [-0.2, -0.15) is 5.26 Å². The van der Waals surface area contributed by atoms with Gasteiger partial charge >= 0.3 is 0 Å². The summed E-state index contributed by atoms with van der Waals surface area (Å²) in [7, 11) is 0. The fourth-order valence-corrected chi connectivity index (χ4v) is 2.45. The van der Waals surface area contributed by atoms with Gasteiger partial charge < -0.3 is 0 Å². The van der Waals surface area contributed by atoms with Crippen molar-refractivity contribution in [3.8, 4) is 6.07 Å². The van der Waals surface area contributed by atoms with Crippen molar-refractivity contribution < 1.29 is 0 Å². The lowest BCUT2D eigenvalue weighted by Crippen LogP contribution is -2.27. The number of hydrogen-bond donors (Lipinski definition) is 0. The molecule has 1 aromatic heterocycles. The molecule has 0 radical (unpaired) electrons. The Bertz CT molecular complexity index is 352. The summed E-state index contributed by atoms with van der Waals surface area (Å²) in [5, 5.41) is 12.1. The maximum Gasteiger partial charge on any atom is 0.0981 e. The van der Waals surface area contributed by atoms with Crippen molar-refractivity contribution in [2.24, 2.45) is 0 Å². The quantitative estimate of drug-likeness (QED) is 0.744. The Hall–Kier alpha value is -0.920. The van der Waals surface area contributed by atoms with E-state index < -0.39 is 0 Å². The zero-order valence-corrected chi connectivity index (χ0v) is 9.05. The molecule has 74 valence electrons. The summed E-state index contributed by atoms with van der Waals surface area (Å²) in [5.74, 6) is 0. The predicted molar refractivity (Wildman–Crippen MR) is 55.9 cm³/mol. The molecule has 1 unspecified atom stereocenters. The van der Waals surface area contributed by atoms with Gasteiger partial charge in [-0.05, 0) is 26.3 Å². The molecular formula is C10H13N3S. The zero-order chi connectivity index (χ0) is 9.97. The van der Waals surface area contributed by atoms with E-state index in [1.54, 1.807) is 11.3 Å². The van der Waals surface area contributed by atoms with E-state index in [-0.39, 0.29) is 6.04 Å². The van der Waals surface area contributed by atoms with Crippen LogP contribution in [0.25, 0.3) is 0 Å². The fraction of sp³-hybridized carbons (Fsp3) is 0.600. The first-order valence-electron chi connectivity index (χ1n) is 4.84. The van der Waals surface area contributed by atoms with Crippen LogP contribution in [0, 0.1) is 18.3 Å². The van der Waals surface area contributed by atoms with E-state index in [0.717, 1.165) is 36.6 Å². The summed E-state index contributed by atoms with van der Waals surface area (Å²) in [6, 6.07) is 2.45. The SMILES string of the molecule is Cc1nc(CN2CCCC2C#N)cs1. The lowest BCUT2D eigenvalue weighted by Gasteiger charge is -2.16. The normalized spacial score (nSPS) is 22.4. The van der Waals surface area contributed by atoms with Crippen LogP contribution in [-0.2, 0) is 6.54 Å². The molecule has 0 amide bonds. The van der Waals surface area contributed by atoms with Crippen LogP contribution in [0.2, 0.25) is 0 Å². The van der Waals surface area contributed by atoms with Crippen molar-refractivity contribution in [3.05, 3.63) is 16.1 Å². The molecule has 1 aliphatic rings. The molecule has 2 heterocycles. The molecule has 1 saturated heterocycles. The van der Waals surface area contributed by atoms with Gasteiger partial charge in [-0.15, -0.1) is 11.3 Å². The van der Waals surface area contributed by atoms with Crippen LogP contribution in [0.1, 0.15) is 23.5 Å². The van der Waals surface area contributed by atoms with E-state index in [2.05, 4.69) is 21.3 Å². The Morgan fingerprint density at radius 2 is 2.64 bits per heavy atom. The molecule has 3 nitrogen and oxygen atoms in total. The molecule has 4 heteroatoms. The van der Waals surface area contributed by atoms with Gasteiger partial charge in [0.2, 0.25) is 0 Å². The van der Waals surface area contributed by atoms with Gasteiger partial charge in [-0.1, -0.05) is 0 Å². The number of nitrogens with zero attached hydrogens (tertiary/aromatic N) is 3. The van der Waals surface area contributed by atoms with E-state index in [0.29, 0.717) is 0 Å². The third-order valence-electron chi connectivity index (χ3n) is 2.54. The highest BCUT2D eigenvalue weighted by molar-refractivity contribution is 7.09. The summed E-state index contributed by atoms with van der Waals surface area (Å²) in [4.78, 5) is 6.63. The lowest BCUT2D eigenvalue weighted by molar-refractivity contribution is 0.283. The fourth-order valence-electron chi connectivity index (χ4n) is 1.85. The summed E-state index contributed by atoms with van der Waals surface area (Å²) in [5.41, 5.74) is 1.11. The minimum absolute atomic E-state index is 0.108. The lowest BCUT2D eigenvalue weighted by atomic mass is 10.2. The first kappa shape index (κ1) is 9.63. The number of aryl methyl sites for hydroxylation is 1. The smallest absolute Gasteiger partial charge is 0.0981 e. The number of likely N-dealkylation sites (tertiary alicyclic amines) is 1. The standard InChI is InChI=1S/C10H13N3S/c1-8-12-9(7-14-8)6-13-4-2-3-10(13)5-11/h7,10H,2-4,6H2,1H3. The molecule has 0 bridgehead atoms. The van der Waals surface area contributed by atoms with E-state index in [9.17, 15) is 0 Å². The Labute approximate surface area is 88.0 Å². The number of rotatable bonds is 2. The van der Waals surface area contributed by atoms with Crippen molar-refractivity contribution in [2.75, 3.05) is 6.54 Å². The molecule has 0 saturated carbocycles. The average Bonchev–Trinajstić information content (AvgIpc) is 2.76. The number of thiazole rings is 1. The van der Waals surface area contributed by atoms with E-state index >= 15 is 0 Å². The molecule has 1 aromatic rings. The predicted octanol–water partition coefficient (Wildman–Crippen LogP) is 1.94. The molecule has 0 aliphatic carbocycles. The molecular weight excluding hydrogens is 194 g/mol. The third-order valence-corrected chi connectivity index (χ3v) is 3.37. The van der Waals surface area contributed by atoms with E-state index in [1.165, 1.54) is 0 Å². The van der Waals surface area contributed by atoms with Gasteiger partial charge in [-0.3, -0.25) is 4.90 Å². The van der Waals surface area contributed by atoms with Crippen LogP contribution in [0.3, 0.4) is 0 Å². The van der Waals surface area contributed by atoms with E-state index in [1.807, 2.05) is 6.92 Å². The summed E-state index contributed by atoms with van der Waals surface area (Å²) < 4.78 is 0. The van der Waals surface area contributed by atoms with Crippen LogP contribution in [0.5, 0.6) is 0 Å². The van der Waals surface area contributed by atoms with Crippen molar-refractivity contribution in [1.29, 1.82) is 5.26 Å². The van der Waals surface area contributed by atoms with Crippen molar-refractivity contribution in [1.82, 2.24) is 9.88 Å². The Morgan fingerprint density at radius 3 is 3.29 bits per heavy atom. The second-order valence-electron chi connectivity index (χ2n) is 3.62. The third kappa shape index (κ3) is 1.94. The van der Waals surface area contributed by atoms with E-state index in [4.69, 9.17) is 5.26 Å². The molecule has 1 aliphatic heterocycles. The Kier molecular flexibility index (Phi) is 2.80. The van der Waals surface area contributed by atoms with Gasteiger partial charge in [0.15, 0.2) is 0 Å². The van der Waals surface area contributed by atoms with Gasteiger partial charge in [-0.25, -0.2) is 4.98 Å². The maximum atomic E-state index is 8.91. The van der Waals surface area contributed by atoms with Gasteiger partial charge in [0.1, 0.15) is 0 Å². The Balaban J connectivity index is 2.01. The zero-order valence-electron chi connectivity index (χ0n) is 8.23. The van der Waals surface area contributed by atoms with Gasteiger partial charge in [0, 0.05) is 11.9 Å². The summed E-state index contributed by atoms with van der Waals surface area (Å²) >= 11 is 1.68. The van der Waals surface area contributed by atoms with Crippen LogP contribution in [-0.4, -0.2) is 22.5 Å². The highest BCUT2D eigenvalue weighted by Crippen LogP contribution is 2.20. The second-order valence-corrected chi connectivity index (χ2v) is 4.68. The average molecular weight is 207 g/mol. The van der Waals surface area contributed by atoms with Crippen LogP contribution in [0.4, 0.5) is 0 Å². The van der Waals surface area contributed by atoms with Gasteiger partial charge in [0.25, 0.3) is 0 Å². The molecule has 0 aromatic carbocycles. The minimum atomic E-state index is 0.108. The molecule has 0 N–H and O–H groups in total. The summed E-state index contributed by atoms with van der Waals surface area (Å²) in [6.45, 7) is 3.89. The van der Waals surface area contributed by atoms with Crippen molar-refractivity contribution in [2.45, 2.75) is 32.4 Å². The second kappa shape index (κ2) is 4.07. The van der Waals surface area contributed by atoms with Crippen LogP contribution >= 0.6 is 11.3 Å². The first-order valence-corrected chi connectivity index (χ1v) is 5.72. The highest BCUT2D eigenvalue weighted by Gasteiger charge is 2.24. The topological polar surface area (TPSA) is 39.9 Å². The number of nitriles is 1. The number of aromatic nitrogens is 1. The van der Waals surface area contributed by atoms with Crippen molar-refractivity contribution >= 4 is 11.3 Å². The van der Waals surface area contributed by atoms with Gasteiger partial charge in [0.05, 0.1) is 22.8 Å². The van der Waals surface area contributed by atoms with Crippen molar-refractivity contribution in [3.63, 3.8) is 0 Å². The molecule has 1 atom stereocenters. The monoisotopic (exact) mass is 207 g/mol. The number of hydrogen-bond acceptors (Lipinski definition) is 4. The van der Waals surface area contributed by atoms with Crippen LogP contribution < -0.4 is 0 Å². The first-order chi connectivity index (χ1) is 6.79. The van der Waals surface area contributed by atoms with Crippen LogP contribution in [0.15, 0.2) is 5.38 Å². The minimum Gasteiger partial charge on any atom is -0.282 e. The molecule has 14 heavy (non-hydrogen) atoms. The summed E-state index contributed by atoms with van der Waals surface area (Å²) in [6.07, 6.45) is 2.15.